The van der Waals surface area contributed by atoms with Crippen LogP contribution in [-0.2, 0) is 0 Å². The molecular formula is C5H9F3N2. The maximum atomic E-state index is 11.5. The molecule has 0 aromatic heterocycles. The van der Waals surface area contributed by atoms with Crippen LogP contribution in [0.2, 0.25) is 0 Å². The maximum Gasteiger partial charge on any atom is 0.389 e. The minimum Gasteiger partial charge on any atom is -0.387 e. The first-order chi connectivity index (χ1) is 4.33. The molecule has 0 aromatic rings. The van der Waals surface area contributed by atoms with E-state index in [1.807, 2.05) is 0 Å². The van der Waals surface area contributed by atoms with Crippen molar-refractivity contribution < 1.29 is 13.2 Å². The van der Waals surface area contributed by atoms with E-state index in [1.165, 1.54) is 6.92 Å². The van der Waals surface area contributed by atoms with Crippen LogP contribution in [0, 0.1) is 11.3 Å². The van der Waals surface area contributed by atoms with E-state index in [1.54, 1.807) is 0 Å². The van der Waals surface area contributed by atoms with Gasteiger partial charge in [0, 0.05) is 5.92 Å². The summed E-state index contributed by atoms with van der Waals surface area (Å²) < 4.78 is 34.5. The molecule has 0 heterocycles. The molecule has 60 valence electrons. The first-order valence-electron chi connectivity index (χ1n) is 2.73. The van der Waals surface area contributed by atoms with Crippen molar-refractivity contribution in [2.45, 2.75) is 19.5 Å². The number of rotatable bonds is 2. The van der Waals surface area contributed by atoms with Crippen molar-refractivity contribution in [3.63, 3.8) is 0 Å². The predicted molar refractivity (Wildman–Crippen MR) is 31.8 cm³/mol. The van der Waals surface area contributed by atoms with Crippen LogP contribution in [0.1, 0.15) is 13.3 Å². The summed E-state index contributed by atoms with van der Waals surface area (Å²) in [5, 5.41) is 6.66. The summed E-state index contributed by atoms with van der Waals surface area (Å²) in [7, 11) is 0. The van der Waals surface area contributed by atoms with Crippen LogP contribution in [0.15, 0.2) is 0 Å². The number of halogens is 3. The Morgan fingerprint density at radius 3 is 2.10 bits per heavy atom. The average molecular weight is 154 g/mol. The molecule has 3 N–H and O–H groups in total. The van der Waals surface area contributed by atoms with Crippen LogP contribution in [-0.4, -0.2) is 12.0 Å². The van der Waals surface area contributed by atoms with Gasteiger partial charge >= 0.3 is 6.18 Å². The van der Waals surface area contributed by atoms with E-state index in [4.69, 9.17) is 11.1 Å². The Balaban J connectivity index is 3.80. The van der Waals surface area contributed by atoms with Gasteiger partial charge in [0.1, 0.15) is 0 Å². The predicted octanol–water partition coefficient (Wildman–Crippen LogP) is 1.51. The second-order valence-corrected chi connectivity index (χ2v) is 2.18. The summed E-state index contributed by atoms with van der Waals surface area (Å²) in [6, 6.07) is 0. The quantitative estimate of drug-likeness (QED) is 0.459. The molecule has 0 spiro atoms. The van der Waals surface area contributed by atoms with Gasteiger partial charge in [-0.25, -0.2) is 0 Å². The zero-order valence-corrected chi connectivity index (χ0v) is 5.50. The Labute approximate surface area is 56.7 Å². The fraction of sp³-hybridized carbons (Fsp3) is 0.800. The molecule has 2 nitrogen and oxygen atoms in total. The molecule has 0 aliphatic rings. The van der Waals surface area contributed by atoms with Gasteiger partial charge in [0.15, 0.2) is 0 Å². The first kappa shape index (κ1) is 9.26. The van der Waals surface area contributed by atoms with Gasteiger partial charge in [-0.1, -0.05) is 6.92 Å². The average Bonchev–Trinajstić information content (AvgIpc) is 1.60. The van der Waals surface area contributed by atoms with Crippen molar-refractivity contribution in [2.24, 2.45) is 11.7 Å². The van der Waals surface area contributed by atoms with Crippen LogP contribution in [0.3, 0.4) is 0 Å². The number of nitrogens with two attached hydrogens (primary N) is 1. The molecule has 0 aliphatic heterocycles. The molecule has 0 aromatic carbocycles. The molecular weight excluding hydrogens is 145 g/mol. The van der Waals surface area contributed by atoms with Gasteiger partial charge in [0.2, 0.25) is 0 Å². The van der Waals surface area contributed by atoms with Crippen molar-refractivity contribution in [1.29, 1.82) is 5.41 Å². The van der Waals surface area contributed by atoms with E-state index < -0.39 is 24.4 Å². The zero-order valence-electron chi connectivity index (χ0n) is 5.50. The topological polar surface area (TPSA) is 49.9 Å². The molecule has 0 amide bonds. The van der Waals surface area contributed by atoms with Crippen molar-refractivity contribution >= 4 is 5.84 Å². The molecule has 1 atom stereocenters. The molecule has 0 rings (SSSR count). The second-order valence-electron chi connectivity index (χ2n) is 2.18. The number of nitrogens with one attached hydrogen (secondary N) is 1. The summed E-state index contributed by atoms with van der Waals surface area (Å²) >= 11 is 0. The van der Waals surface area contributed by atoms with Crippen LogP contribution in [0.5, 0.6) is 0 Å². The maximum absolute atomic E-state index is 11.5. The Morgan fingerprint density at radius 1 is 1.60 bits per heavy atom. The molecule has 10 heavy (non-hydrogen) atoms. The summed E-state index contributed by atoms with van der Waals surface area (Å²) in [4.78, 5) is 0. The lowest BCUT2D eigenvalue weighted by molar-refractivity contribution is -0.139. The summed E-state index contributed by atoms with van der Waals surface area (Å²) in [6.07, 6.45) is -5.23. The minimum atomic E-state index is -4.22. The molecule has 0 bridgehead atoms. The van der Waals surface area contributed by atoms with E-state index in [9.17, 15) is 13.2 Å². The molecule has 5 heteroatoms. The van der Waals surface area contributed by atoms with Crippen LogP contribution in [0.4, 0.5) is 13.2 Å². The Hall–Kier alpha value is -0.740. The number of hydrogen-bond donors (Lipinski definition) is 2. The van der Waals surface area contributed by atoms with Gasteiger partial charge in [-0.15, -0.1) is 0 Å². The third kappa shape index (κ3) is 4.17. The normalized spacial score (nSPS) is 14.8. The smallest absolute Gasteiger partial charge is 0.387 e. The lowest BCUT2D eigenvalue weighted by Crippen LogP contribution is -2.25. The van der Waals surface area contributed by atoms with E-state index in [0.717, 1.165) is 0 Å². The van der Waals surface area contributed by atoms with Crippen molar-refractivity contribution in [1.82, 2.24) is 0 Å². The third-order valence-electron chi connectivity index (χ3n) is 1.07. The van der Waals surface area contributed by atoms with Crippen molar-refractivity contribution in [3.05, 3.63) is 0 Å². The lowest BCUT2D eigenvalue weighted by atomic mass is 10.1. The Bertz CT molecular complexity index is 129. The van der Waals surface area contributed by atoms with Crippen molar-refractivity contribution in [3.8, 4) is 0 Å². The minimum absolute atomic E-state index is 0.419. The van der Waals surface area contributed by atoms with E-state index in [2.05, 4.69) is 0 Å². The van der Waals surface area contributed by atoms with E-state index in [-0.39, 0.29) is 0 Å². The van der Waals surface area contributed by atoms with Gasteiger partial charge in [-0.2, -0.15) is 13.2 Å². The summed E-state index contributed by atoms with van der Waals surface area (Å²) in [5.41, 5.74) is 4.83. The Morgan fingerprint density at radius 2 is 2.00 bits per heavy atom. The largest absolute Gasteiger partial charge is 0.389 e. The number of amidine groups is 1. The standard InChI is InChI=1S/C5H9F3N2/c1-3(4(9)10)2-5(6,7)8/h3H,2H2,1H3,(H3,9,10). The highest BCUT2D eigenvalue weighted by atomic mass is 19.4. The van der Waals surface area contributed by atoms with Crippen LogP contribution >= 0.6 is 0 Å². The van der Waals surface area contributed by atoms with Gasteiger partial charge in [-0.3, -0.25) is 5.41 Å². The van der Waals surface area contributed by atoms with E-state index in [0.29, 0.717) is 0 Å². The Kier molecular flexibility index (Phi) is 2.68. The molecule has 0 aliphatic carbocycles. The fourth-order valence-electron chi connectivity index (χ4n) is 0.457. The van der Waals surface area contributed by atoms with Crippen molar-refractivity contribution in [2.75, 3.05) is 0 Å². The highest BCUT2D eigenvalue weighted by Crippen LogP contribution is 2.24. The van der Waals surface area contributed by atoms with Crippen LogP contribution in [0.25, 0.3) is 0 Å². The molecule has 1 unspecified atom stereocenters. The van der Waals surface area contributed by atoms with Gasteiger partial charge in [0.05, 0.1) is 12.3 Å². The third-order valence-corrected chi connectivity index (χ3v) is 1.07. The van der Waals surface area contributed by atoms with Gasteiger partial charge in [-0.05, 0) is 0 Å². The molecule has 0 fully saturated rings. The second kappa shape index (κ2) is 2.90. The summed E-state index contributed by atoms with van der Waals surface area (Å²) in [5.74, 6) is -1.32. The van der Waals surface area contributed by atoms with Gasteiger partial charge in [0.25, 0.3) is 0 Å². The molecule has 0 radical (unpaired) electrons. The van der Waals surface area contributed by atoms with Crippen LogP contribution < -0.4 is 5.73 Å². The first-order valence-corrected chi connectivity index (χ1v) is 2.73. The molecule has 0 saturated carbocycles. The number of alkyl halides is 3. The molecule has 0 saturated heterocycles. The zero-order chi connectivity index (χ0) is 8.36. The SMILES string of the molecule is CC(CC(F)(F)F)C(=N)N. The lowest BCUT2D eigenvalue weighted by Gasteiger charge is -2.11. The number of hydrogen-bond acceptors (Lipinski definition) is 1. The fourth-order valence-corrected chi connectivity index (χ4v) is 0.457. The summed E-state index contributed by atoms with van der Waals surface area (Å²) in [6.45, 7) is 1.27. The highest BCUT2D eigenvalue weighted by molar-refractivity contribution is 5.79. The highest BCUT2D eigenvalue weighted by Gasteiger charge is 2.30. The van der Waals surface area contributed by atoms with Gasteiger partial charge < -0.3 is 5.73 Å². The monoisotopic (exact) mass is 154 g/mol. The van der Waals surface area contributed by atoms with E-state index >= 15 is 0 Å².